The first kappa shape index (κ1) is 20.7. The molecule has 2 amide bonds. The van der Waals surface area contributed by atoms with E-state index < -0.39 is 17.6 Å². The summed E-state index contributed by atoms with van der Waals surface area (Å²) in [5, 5.41) is 0. The first-order valence-corrected chi connectivity index (χ1v) is 10.5. The van der Waals surface area contributed by atoms with Crippen LogP contribution >= 0.6 is 0 Å². The predicted octanol–water partition coefficient (Wildman–Crippen LogP) is 3.52. The summed E-state index contributed by atoms with van der Waals surface area (Å²) in [4.78, 5) is 28.7. The molecule has 0 radical (unpaired) electrons. The van der Waals surface area contributed by atoms with Crippen LogP contribution in [0.15, 0.2) is 42.5 Å². The Morgan fingerprint density at radius 3 is 2.34 bits per heavy atom. The number of hydrogen-bond donors (Lipinski definition) is 0. The van der Waals surface area contributed by atoms with Gasteiger partial charge < -0.3 is 19.3 Å². The lowest BCUT2D eigenvalue weighted by atomic mass is 10.1. The monoisotopic (exact) mass is 446 g/mol. The van der Waals surface area contributed by atoms with E-state index in [9.17, 15) is 22.8 Å². The number of rotatable bonds is 3. The van der Waals surface area contributed by atoms with E-state index in [4.69, 9.17) is 9.47 Å². The minimum absolute atomic E-state index is 0.0236. The number of halogens is 3. The van der Waals surface area contributed by atoms with Gasteiger partial charge in [-0.05, 0) is 42.2 Å². The maximum absolute atomic E-state index is 13.3. The SMILES string of the molecule is O=C(c1ccccc1C(F)(F)F)N1CCN(C(=O)C2CC2c2ccc3c(c2)OCO3)CC1. The Balaban J connectivity index is 1.20. The fourth-order valence-corrected chi connectivity index (χ4v) is 4.43. The van der Waals surface area contributed by atoms with E-state index in [1.807, 2.05) is 18.2 Å². The Bertz CT molecular complexity index is 1060. The van der Waals surface area contributed by atoms with Crippen LogP contribution in [0, 0.1) is 5.92 Å². The quantitative estimate of drug-likeness (QED) is 0.724. The van der Waals surface area contributed by atoms with E-state index >= 15 is 0 Å². The summed E-state index contributed by atoms with van der Waals surface area (Å²) in [7, 11) is 0. The Morgan fingerprint density at radius 1 is 0.906 bits per heavy atom. The van der Waals surface area contributed by atoms with Crippen LogP contribution in [0.25, 0.3) is 0 Å². The number of amides is 2. The lowest BCUT2D eigenvalue weighted by molar-refractivity contribution is -0.138. The van der Waals surface area contributed by atoms with Gasteiger partial charge in [-0.2, -0.15) is 13.2 Å². The van der Waals surface area contributed by atoms with E-state index in [2.05, 4.69) is 0 Å². The number of benzene rings is 2. The Morgan fingerprint density at radius 2 is 1.59 bits per heavy atom. The molecule has 2 unspecified atom stereocenters. The summed E-state index contributed by atoms with van der Waals surface area (Å²) in [6.45, 7) is 1.23. The van der Waals surface area contributed by atoms with Crippen molar-refractivity contribution in [2.75, 3.05) is 33.0 Å². The second-order valence-electron chi connectivity index (χ2n) is 8.22. The molecule has 32 heavy (non-hydrogen) atoms. The topological polar surface area (TPSA) is 59.1 Å². The summed E-state index contributed by atoms with van der Waals surface area (Å²) >= 11 is 0. The van der Waals surface area contributed by atoms with Crippen LogP contribution in [0.5, 0.6) is 11.5 Å². The number of ether oxygens (including phenoxy) is 2. The van der Waals surface area contributed by atoms with Gasteiger partial charge in [0.2, 0.25) is 12.7 Å². The summed E-state index contributed by atoms with van der Waals surface area (Å²) in [6, 6.07) is 10.5. The lowest BCUT2D eigenvalue weighted by Gasteiger charge is -2.35. The van der Waals surface area contributed by atoms with E-state index in [0.717, 1.165) is 18.1 Å². The van der Waals surface area contributed by atoms with Crippen molar-refractivity contribution in [3.8, 4) is 11.5 Å². The minimum atomic E-state index is -4.60. The van der Waals surface area contributed by atoms with Crippen molar-refractivity contribution < 1.29 is 32.2 Å². The van der Waals surface area contributed by atoms with Crippen molar-refractivity contribution in [1.82, 2.24) is 9.80 Å². The maximum Gasteiger partial charge on any atom is 0.417 e. The zero-order valence-electron chi connectivity index (χ0n) is 17.1. The molecule has 2 fully saturated rings. The molecule has 1 aliphatic carbocycles. The third kappa shape index (κ3) is 3.76. The van der Waals surface area contributed by atoms with E-state index in [1.165, 1.54) is 23.1 Å². The van der Waals surface area contributed by atoms with Crippen molar-refractivity contribution in [1.29, 1.82) is 0 Å². The molecule has 2 atom stereocenters. The van der Waals surface area contributed by atoms with Crippen molar-refractivity contribution in [3.05, 3.63) is 59.2 Å². The average molecular weight is 446 g/mol. The van der Waals surface area contributed by atoms with Gasteiger partial charge in [-0.15, -0.1) is 0 Å². The number of hydrogen-bond acceptors (Lipinski definition) is 4. The van der Waals surface area contributed by atoms with Gasteiger partial charge in [-0.3, -0.25) is 9.59 Å². The summed E-state index contributed by atoms with van der Waals surface area (Å²) in [5.41, 5.74) is -0.261. The number of alkyl halides is 3. The molecule has 0 aromatic heterocycles. The summed E-state index contributed by atoms with van der Waals surface area (Å²) < 4.78 is 50.5. The molecule has 0 bridgehead atoms. The first-order chi connectivity index (χ1) is 15.3. The summed E-state index contributed by atoms with van der Waals surface area (Å²) in [5.74, 6) is 0.751. The average Bonchev–Trinajstić information content (AvgIpc) is 3.46. The molecular weight excluding hydrogens is 425 g/mol. The van der Waals surface area contributed by atoms with Gasteiger partial charge in [-0.1, -0.05) is 18.2 Å². The number of nitrogens with zero attached hydrogens (tertiary/aromatic N) is 2. The number of piperazine rings is 1. The smallest absolute Gasteiger partial charge is 0.417 e. The van der Waals surface area contributed by atoms with Gasteiger partial charge in [-0.25, -0.2) is 0 Å². The Hall–Kier alpha value is -3.23. The summed E-state index contributed by atoms with van der Waals surface area (Å²) in [6.07, 6.45) is -3.85. The van der Waals surface area contributed by atoms with Gasteiger partial charge in [0.05, 0.1) is 11.1 Å². The highest BCUT2D eigenvalue weighted by Gasteiger charge is 2.46. The fourth-order valence-electron chi connectivity index (χ4n) is 4.43. The van der Waals surface area contributed by atoms with E-state index in [0.29, 0.717) is 24.6 Å². The van der Waals surface area contributed by atoms with Crippen LogP contribution in [0.3, 0.4) is 0 Å². The molecular formula is C23H21F3N2O4. The van der Waals surface area contributed by atoms with Crippen LogP contribution < -0.4 is 9.47 Å². The van der Waals surface area contributed by atoms with Gasteiger partial charge in [0.25, 0.3) is 5.91 Å². The van der Waals surface area contributed by atoms with Crippen LogP contribution in [-0.4, -0.2) is 54.6 Å². The maximum atomic E-state index is 13.3. The highest BCUT2D eigenvalue weighted by molar-refractivity contribution is 5.96. The molecule has 0 N–H and O–H groups in total. The predicted molar refractivity (Wildman–Crippen MR) is 107 cm³/mol. The van der Waals surface area contributed by atoms with Crippen LogP contribution in [-0.2, 0) is 11.0 Å². The van der Waals surface area contributed by atoms with Crippen molar-refractivity contribution >= 4 is 11.8 Å². The highest BCUT2D eigenvalue weighted by atomic mass is 19.4. The molecule has 1 saturated heterocycles. The van der Waals surface area contributed by atoms with Crippen LogP contribution in [0.2, 0.25) is 0 Å². The number of carbonyl (C=O) groups excluding carboxylic acids is 2. The van der Waals surface area contributed by atoms with E-state index in [-0.39, 0.29) is 43.2 Å². The third-order valence-electron chi connectivity index (χ3n) is 6.27. The van der Waals surface area contributed by atoms with Gasteiger partial charge >= 0.3 is 6.18 Å². The van der Waals surface area contributed by atoms with Gasteiger partial charge in [0.15, 0.2) is 11.5 Å². The molecule has 168 valence electrons. The van der Waals surface area contributed by atoms with E-state index in [1.54, 1.807) is 4.90 Å². The number of fused-ring (bicyclic) bond motifs is 1. The largest absolute Gasteiger partial charge is 0.454 e. The normalized spacial score (nSPS) is 22.1. The second-order valence-corrected chi connectivity index (χ2v) is 8.22. The molecule has 2 aromatic rings. The zero-order valence-corrected chi connectivity index (χ0v) is 17.1. The molecule has 3 aliphatic rings. The van der Waals surface area contributed by atoms with Gasteiger partial charge in [0, 0.05) is 32.1 Å². The standard InChI is InChI=1S/C23H21F3N2O4/c24-23(25,26)18-4-2-1-3-15(18)21(29)27-7-9-28(10-8-27)22(30)17-12-16(17)14-5-6-19-20(11-14)32-13-31-19/h1-6,11,16-17H,7-10,12-13H2. The fraction of sp³-hybridized carbons (Fsp3) is 0.391. The molecule has 2 aromatic carbocycles. The van der Waals surface area contributed by atoms with Gasteiger partial charge in [0.1, 0.15) is 0 Å². The molecule has 5 rings (SSSR count). The molecule has 1 saturated carbocycles. The molecule has 2 heterocycles. The lowest BCUT2D eigenvalue weighted by Crippen LogP contribution is -2.51. The van der Waals surface area contributed by atoms with Crippen molar-refractivity contribution in [2.45, 2.75) is 18.5 Å². The Kier molecular flexibility index (Phi) is 4.98. The second kappa shape index (κ2) is 7.72. The first-order valence-electron chi connectivity index (χ1n) is 10.5. The minimum Gasteiger partial charge on any atom is -0.454 e. The van der Waals surface area contributed by atoms with Crippen molar-refractivity contribution in [2.24, 2.45) is 5.92 Å². The molecule has 6 nitrogen and oxygen atoms in total. The molecule has 0 spiro atoms. The zero-order chi connectivity index (χ0) is 22.5. The van der Waals surface area contributed by atoms with Crippen molar-refractivity contribution in [3.63, 3.8) is 0 Å². The van der Waals surface area contributed by atoms with Crippen LogP contribution in [0.1, 0.15) is 33.8 Å². The van der Waals surface area contributed by atoms with Crippen LogP contribution in [0.4, 0.5) is 13.2 Å². The highest BCUT2D eigenvalue weighted by Crippen LogP contribution is 2.50. The Labute approximate surface area is 182 Å². The molecule has 9 heteroatoms. The third-order valence-corrected chi connectivity index (χ3v) is 6.27. The molecule has 2 aliphatic heterocycles. The number of carbonyl (C=O) groups is 2.